The van der Waals surface area contributed by atoms with E-state index in [-0.39, 0.29) is 11.5 Å². The SMILES string of the molecule is CN(C)CC#CC1=C[C@]2(C)C[C@@]3(OC(=O)C=C13)[C@H]1CCCCN12. The zero-order valence-electron chi connectivity index (χ0n) is 14.2. The van der Waals surface area contributed by atoms with Gasteiger partial charge in [0, 0.05) is 29.2 Å². The fraction of sp³-hybridized carbons (Fsp3) is 0.632. The quantitative estimate of drug-likeness (QED) is 0.545. The summed E-state index contributed by atoms with van der Waals surface area (Å²) in [5, 5.41) is 0. The summed E-state index contributed by atoms with van der Waals surface area (Å²) in [5.74, 6) is 6.35. The van der Waals surface area contributed by atoms with Crippen LogP contribution >= 0.6 is 0 Å². The van der Waals surface area contributed by atoms with Gasteiger partial charge in [0.2, 0.25) is 0 Å². The van der Waals surface area contributed by atoms with E-state index in [0.717, 1.165) is 37.1 Å². The molecule has 3 atom stereocenters. The molecule has 2 bridgehead atoms. The van der Waals surface area contributed by atoms with Gasteiger partial charge in [0.15, 0.2) is 5.60 Å². The summed E-state index contributed by atoms with van der Waals surface area (Å²) in [6.45, 7) is 4.08. The zero-order chi connectivity index (χ0) is 16.2. The van der Waals surface area contributed by atoms with Crippen molar-refractivity contribution in [1.82, 2.24) is 9.80 Å². The standard InChI is InChI=1S/C19H24N2O2/c1-18-12-14(7-6-9-20(2)3)15-11-17(22)23-19(15,13-18)16-8-4-5-10-21(16)18/h11-12,16H,4-5,8-10,13H2,1-3H3/t16-,18-,19+/m1/s1. The number of fused-ring (bicyclic) bond motifs is 3. The van der Waals surface area contributed by atoms with Gasteiger partial charge in [0.1, 0.15) is 0 Å². The second-order valence-corrected chi connectivity index (χ2v) is 7.71. The number of rotatable bonds is 1. The lowest BCUT2D eigenvalue weighted by molar-refractivity contribution is -0.148. The maximum atomic E-state index is 12.1. The first-order valence-corrected chi connectivity index (χ1v) is 8.53. The second-order valence-electron chi connectivity index (χ2n) is 7.71. The van der Waals surface area contributed by atoms with Crippen LogP contribution in [0.4, 0.5) is 0 Å². The van der Waals surface area contributed by atoms with Crippen molar-refractivity contribution in [3.05, 3.63) is 23.3 Å². The number of hydrogen-bond donors (Lipinski definition) is 0. The van der Waals surface area contributed by atoms with E-state index < -0.39 is 5.60 Å². The molecule has 2 fully saturated rings. The van der Waals surface area contributed by atoms with Crippen LogP contribution < -0.4 is 0 Å². The number of esters is 1. The van der Waals surface area contributed by atoms with Gasteiger partial charge in [0.05, 0.1) is 12.6 Å². The molecule has 2 saturated heterocycles. The Morgan fingerprint density at radius 1 is 1.43 bits per heavy atom. The first kappa shape index (κ1) is 15.0. The Morgan fingerprint density at radius 3 is 3.04 bits per heavy atom. The summed E-state index contributed by atoms with van der Waals surface area (Å²) in [6, 6.07) is 0.309. The van der Waals surface area contributed by atoms with Crippen molar-refractivity contribution < 1.29 is 9.53 Å². The predicted molar refractivity (Wildman–Crippen MR) is 88.7 cm³/mol. The van der Waals surface area contributed by atoms with Gasteiger partial charge in [-0.05, 0) is 46.5 Å². The predicted octanol–water partition coefficient (Wildman–Crippen LogP) is 1.73. The topological polar surface area (TPSA) is 32.8 Å². The van der Waals surface area contributed by atoms with Gasteiger partial charge in [0.25, 0.3) is 0 Å². The Balaban J connectivity index is 1.79. The molecule has 4 aliphatic rings. The van der Waals surface area contributed by atoms with Gasteiger partial charge >= 0.3 is 5.97 Å². The summed E-state index contributed by atoms with van der Waals surface area (Å²) in [5.41, 5.74) is 1.53. The molecule has 0 aromatic carbocycles. The molecular formula is C19H24N2O2. The molecule has 0 aromatic rings. The summed E-state index contributed by atoms with van der Waals surface area (Å²) >= 11 is 0. The van der Waals surface area contributed by atoms with E-state index in [1.165, 1.54) is 12.8 Å². The highest BCUT2D eigenvalue weighted by atomic mass is 16.6. The number of hydrogen-bond acceptors (Lipinski definition) is 4. The fourth-order valence-electron chi connectivity index (χ4n) is 4.89. The van der Waals surface area contributed by atoms with Crippen molar-refractivity contribution >= 4 is 5.97 Å². The molecule has 0 unspecified atom stereocenters. The molecule has 4 rings (SSSR count). The smallest absolute Gasteiger partial charge is 0.332 e. The van der Waals surface area contributed by atoms with Gasteiger partial charge in [-0.2, -0.15) is 0 Å². The average Bonchev–Trinajstić information content (AvgIpc) is 2.93. The molecule has 1 aliphatic carbocycles. The minimum Gasteiger partial charge on any atom is -0.449 e. The zero-order valence-corrected chi connectivity index (χ0v) is 14.2. The largest absolute Gasteiger partial charge is 0.449 e. The lowest BCUT2D eigenvalue weighted by Gasteiger charge is -2.39. The molecule has 0 amide bonds. The maximum absolute atomic E-state index is 12.1. The van der Waals surface area contributed by atoms with Crippen molar-refractivity contribution in [2.75, 3.05) is 27.2 Å². The molecular weight excluding hydrogens is 288 g/mol. The number of carbonyl (C=O) groups is 1. The lowest BCUT2D eigenvalue weighted by atomic mass is 9.73. The first-order valence-electron chi connectivity index (χ1n) is 8.53. The Hall–Kier alpha value is -1.57. The molecule has 4 nitrogen and oxygen atoms in total. The number of carbonyl (C=O) groups excluding carboxylic acids is 1. The minimum absolute atomic E-state index is 0.0465. The van der Waals surface area contributed by atoms with E-state index in [9.17, 15) is 4.79 Å². The van der Waals surface area contributed by atoms with Gasteiger partial charge in [-0.3, -0.25) is 9.80 Å². The molecule has 0 N–H and O–H groups in total. The molecule has 23 heavy (non-hydrogen) atoms. The summed E-state index contributed by atoms with van der Waals surface area (Å²) in [7, 11) is 4.02. The van der Waals surface area contributed by atoms with E-state index in [4.69, 9.17) is 4.74 Å². The van der Waals surface area contributed by atoms with Crippen molar-refractivity contribution in [2.24, 2.45) is 0 Å². The van der Waals surface area contributed by atoms with E-state index in [0.29, 0.717) is 6.04 Å². The summed E-state index contributed by atoms with van der Waals surface area (Å²) in [6.07, 6.45) is 8.39. The normalized spacial score (nSPS) is 38.3. The van der Waals surface area contributed by atoms with Crippen LogP contribution in [-0.4, -0.2) is 60.1 Å². The molecule has 3 heterocycles. The van der Waals surface area contributed by atoms with Crippen LogP contribution in [0, 0.1) is 11.8 Å². The van der Waals surface area contributed by atoms with E-state index >= 15 is 0 Å². The number of piperidine rings is 1. The van der Waals surface area contributed by atoms with Gasteiger partial charge in [-0.25, -0.2) is 4.79 Å². The van der Waals surface area contributed by atoms with Crippen LogP contribution in [0.3, 0.4) is 0 Å². The van der Waals surface area contributed by atoms with Crippen molar-refractivity contribution in [3.8, 4) is 11.8 Å². The van der Waals surface area contributed by atoms with Crippen LogP contribution in [0.2, 0.25) is 0 Å². The highest BCUT2D eigenvalue weighted by Crippen LogP contribution is 2.57. The summed E-state index contributed by atoms with van der Waals surface area (Å²) in [4.78, 5) is 16.7. The number of ether oxygens (including phenoxy) is 1. The van der Waals surface area contributed by atoms with Crippen LogP contribution in [-0.2, 0) is 9.53 Å². The van der Waals surface area contributed by atoms with Crippen molar-refractivity contribution in [1.29, 1.82) is 0 Å². The van der Waals surface area contributed by atoms with E-state index in [1.54, 1.807) is 6.08 Å². The third kappa shape index (κ3) is 2.10. The highest BCUT2D eigenvalue weighted by Gasteiger charge is 2.65. The Kier molecular flexibility index (Phi) is 3.23. The van der Waals surface area contributed by atoms with Crippen LogP contribution in [0.15, 0.2) is 23.3 Å². The first-order chi connectivity index (χ1) is 10.9. The Bertz CT molecular complexity index is 681. The van der Waals surface area contributed by atoms with E-state index in [2.05, 4.69) is 34.6 Å². The lowest BCUT2D eigenvalue weighted by Crippen LogP contribution is -2.49. The van der Waals surface area contributed by atoms with Gasteiger partial charge in [-0.1, -0.05) is 18.3 Å². The molecule has 0 radical (unpaired) electrons. The Labute approximate surface area is 138 Å². The average molecular weight is 312 g/mol. The number of nitrogens with zero attached hydrogens (tertiary/aromatic N) is 2. The second kappa shape index (κ2) is 4.96. The fourth-order valence-corrected chi connectivity index (χ4v) is 4.89. The maximum Gasteiger partial charge on any atom is 0.332 e. The Morgan fingerprint density at radius 2 is 2.26 bits per heavy atom. The van der Waals surface area contributed by atoms with Crippen molar-refractivity contribution in [2.45, 2.75) is 49.8 Å². The highest BCUT2D eigenvalue weighted by molar-refractivity contribution is 5.90. The van der Waals surface area contributed by atoms with Gasteiger partial charge < -0.3 is 4.74 Å². The van der Waals surface area contributed by atoms with Crippen LogP contribution in [0.1, 0.15) is 32.6 Å². The molecule has 0 aromatic heterocycles. The van der Waals surface area contributed by atoms with Crippen LogP contribution in [0.5, 0.6) is 0 Å². The van der Waals surface area contributed by atoms with E-state index in [1.807, 2.05) is 14.1 Å². The molecule has 0 saturated carbocycles. The van der Waals surface area contributed by atoms with Crippen LogP contribution in [0.25, 0.3) is 0 Å². The third-order valence-electron chi connectivity index (χ3n) is 5.68. The van der Waals surface area contributed by atoms with Gasteiger partial charge in [-0.15, -0.1) is 0 Å². The molecule has 122 valence electrons. The van der Waals surface area contributed by atoms with Crippen molar-refractivity contribution in [3.63, 3.8) is 0 Å². The minimum atomic E-state index is -0.455. The summed E-state index contributed by atoms with van der Waals surface area (Å²) < 4.78 is 5.94. The third-order valence-corrected chi connectivity index (χ3v) is 5.68. The molecule has 3 aliphatic heterocycles. The molecule has 1 spiro atoms. The molecule has 4 heteroatoms. The monoisotopic (exact) mass is 312 g/mol.